The number of carbonyl (C=O) groups is 1. The SMILES string of the molecule is CC(C(=O)N1CCCCCC1)N(C)C(C)(C)CN. The van der Waals surface area contributed by atoms with Crippen LogP contribution in [0, 0.1) is 0 Å². The molecule has 106 valence electrons. The third-order valence-corrected chi connectivity index (χ3v) is 4.31. The first-order chi connectivity index (χ1) is 8.40. The molecule has 2 N–H and O–H groups in total. The van der Waals surface area contributed by atoms with Crippen LogP contribution in [0.25, 0.3) is 0 Å². The molecule has 0 saturated carbocycles. The van der Waals surface area contributed by atoms with Crippen LogP contribution in [0.5, 0.6) is 0 Å². The Morgan fingerprint density at radius 2 is 1.78 bits per heavy atom. The lowest BCUT2D eigenvalue weighted by molar-refractivity contribution is -0.137. The predicted octanol–water partition coefficient (Wildman–Crippen LogP) is 1.45. The van der Waals surface area contributed by atoms with E-state index in [1.165, 1.54) is 12.8 Å². The molecule has 1 saturated heterocycles. The minimum Gasteiger partial charge on any atom is -0.341 e. The molecule has 1 aliphatic rings. The highest BCUT2D eigenvalue weighted by molar-refractivity contribution is 5.81. The van der Waals surface area contributed by atoms with Crippen LogP contribution in [-0.2, 0) is 4.79 Å². The minimum atomic E-state index is -0.138. The second kappa shape index (κ2) is 6.53. The fraction of sp³-hybridized carbons (Fsp3) is 0.929. The molecule has 0 aliphatic carbocycles. The molecule has 0 aromatic rings. The van der Waals surface area contributed by atoms with Crippen molar-refractivity contribution in [1.82, 2.24) is 9.80 Å². The van der Waals surface area contributed by atoms with Crippen LogP contribution in [0.1, 0.15) is 46.5 Å². The number of likely N-dealkylation sites (tertiary alicyclic amines) is 1. The molecule has 18 heavy (non-hydrogen) atoms. The normalized spacial score (nSPS) is 19.8. The Labute approximate surface area is 111 Å². The van der Waals surface area contributed by atoms with Gasteiger partial charge < -0.3 is 10.6 Å². The molecular weight excluding hydrogens is 226 g/mol. The monoisotopic (exact) mass is 255 g/mol. The van der Waals surface area contributed by atoms with E-state index in [4.69, 9.17) is 5.73 Å². The molecule has 1 aliphatic heterocycles. The zero-order valence-corrected chi connectivity index (χ0v) is 12.4. The average Bonchev–Trinajstić information content (AvgIpc) is 2.64. The van der Waals surface area contributed by atoms with E-state index >= 15 is 0 Å². The van der Waals surface area contributed by atoms with Gasteiger partial charge in [0.2, 0.25) is 5.91 Å². The van der Waals surface area contributed by atoms with E-state index in [1.807, 2.05) is 18.9 Å². The van der Waals surface area contributed by atoms with Gasteiger partial charge in [-0.3, -0.25) is 9.69 Å². The molecule has 0 aromatic carbocycles. The molecule has 4 nitrogen and oxygen atoms in total. The van der Waals surface area contributed by atoms with Gasteiger partial charge in [0, 0.05) is 25.2 Å². The van der Waals surface area contributed by atoms with Crippen molar-refractivity contribution in [3.8, 4) is 0 Å². The van der Waals surface area contributed by atoms with Crippen molar-refractivity contribution in [2.45, 2.75) is 58.0 Å². The highest BCUT2D eigenvalue weighted by Crippen LogP contribution is 2.17. The van der Waals surface area contributed by atoms with Gasteiger partial charge in [-0.15, -0.1) is 0 Å². The number of hydrogen-bond acceptors (Lipinski definition) is 3. The van der Waals surface area contributed by atoms with Crippen molar-refractivity contribution in [3.63, 3.8) is 0 Å². The van der Waals surface area contributed by atoms with E-state index in [0.717, 1.165) is 25.9 Å². The molecule has 1 atom stereocenters. The second-order valence-electron chi connectivity index (χ2n) is 6.04. The maximum atomic E-state index is 12.5. The zero-order valence-electron chi connectivity index (χ0n) is 12.4. The second-order valence-corrected chi connectivity index (χ2v) is 6.04. The molecule has 0 radical (unpaired) electrons. The molecule has 1 fully saturated rings. The van der Waals surface area contributed by atoms with Crippen molar-refractivity contribution < 1.29 is 4.79 Å². The Bertz CT molecular complexity index is 270. The van der Waals surface area contributed by atoms with Crippen LogP contribution in [0.2, 0.25) is 0 Å². The third kappa shape index (κ3) is 3.69. The van der Waals surface area contributed by atoms with Gasteiger partial charge >= 0.3 is 0 Å². The van der Waals surface area contributed by atoms with E-state index in [9.17, 15) is 4.79 Å². The summed E-state index contributed by atoms with van der Waals surface area (Å²) in [5, 5.41) is 0. The Hall–Kier alpha value is -0.610. The zero-order chi connectivity index (χ0) is 13.8. The molecule has 1 amide bonds. The molecule has 0 spiro atoms. The Balaban J connectivity index is 2.64. The topological polar surface area (TPSA) is 49.6 Å². The van der Waals surface area contributed by atoms with Crippen LogP contribution >= 0.6 is 0 Å². The van der Waals surface area contributed by atoms with Crippen molar-refractivity contribution >= 4 is 5.91 Å². The van der Waals surface area contributed by atoms with Crippen LogP contribution in [-0.4, -0.2) is 54.0 Å². The predicted molar refractivity (Wildman–Crippen MR) is 75.4 cm³/mol. The van der Waals surface area contributed by atoms with Gasteiger partial charge in [-0.05, 0) is 40.7 Å². The number of nitrogens with two attached hydrogens (primary N) is 1. The summed E-state index contributed by atoms with van der Waals surface area (Å²) in [6.45, 7) is 8.55. The summed E-state index contributed by atoms with van der Waals surface area (Å²) in [5.74, 6) is 0.251. The first-order valence-corrected chi connectivity index (χ1v) is 7.12. The number of carbonyl (C=O) groups excluding carboxylic acids is 1. The van der Waals surface area contributed by atoms with Gasteiger partial charge in [-0.2, -0.15) is 0 Å². The third-order valence-electron chi connectivity index (χ3n) is 4.31. The Morgan fingerprint density at radius 1 is 1.28 bits per heavy atom. The Morgan fingerprint density at radius 3 is 2.22 bits per heavy atom. The van der Waals surface area contributed by atoms with Gasteiger partial charge in [-0.1, -0.05) is 12.8 Å². The summed E-state index contributed by atoms with van der Waals surface area (Å²) in [5.41, 5.74) is 5.64. The van der Waals surface area contributed by atoms with Gasteiger partial charge in [0.25, 0.3) is 0 Å². The number of likely N-dealkylation sites (N-methyl/N-ethyl adjacent to an activating group) is 1. The maximum absolute atomic E-state index is 12.5. The average molecular weight is 255 g/mol. The summed E-state index contributed by atoms with van der Waals surface area (Å²) in [7, 11) is 1.99. The van der Waals surface area contributed by atoms with Crippen LogP contribution in [0.4, 0.5) is 0 Å². The number of rotatable bonds is 4. The van der Waals surface area contributed by atoms with E-state index in [-0.39, 0.29) is 17.5 Å². The number of amides is 1. The summed E-state index contributed by atoms with van der Waals surface area (Å²) < 4.78 is 0. The van der Waals surface area contributed by atoms with E-state index in [0.29, 0.717) is 6.54 Å². The van der Waals surface area contributed by atoms with Gasteiger partial charge in [-0.25, -0.2) is 0 Å². The molecular formula is C14H29N3O. The molecule has 1 heterocycles. The minimum absolute atomic E-state index is 0.0957. The highest BCUT2D eigenvalue weighted by atomic mass is 16.2. The summed E-state index contributed by atoms with van der Waals surface area (Å²) >= 11 is 0. The number of nitrogens with zero attached hydrogens (tertiary/aromatic N) is 2. The van der Waals surface area contributed by atoms with Crippen molar-refractivity contribution in [2.75, 3.05) is 26.7 Å². The molecule has 0 bridgehead atoms. The fourth-order valence-corrected chi connectivity index (χ4v) is 2.39. The van der Waals surface area contributed by atoms with E-state index < -0.39 is 0 Å². The van der Waals surface area contributed by atoms with Crippen LogP contribution < -0.4 is 5.73 Å². The summed E-state index contributed by atoms with van der Waals surface area (Å²) in [4.78, 5) is 16.6. The fourth-order valence-electron chi connectivity index (χ4n) is 2.39. The first-order valence-electron chi connectivity index (χ1n) is 7.12. The van der Waals surface area contributed by atoms with E-state index in [1.54, 1.807) is 0 Å². The van der Waals surface area contributed by atoms with Crippen molar-refractivity contribution in [1.29, 1.82) is 0 Å². The molecule has 0 aromatic heterocycles. The Kier molecular flexibility index (Phi) is 5.60. The quantitative estimate of drug-likeness (QED) is 0.827. The maximum Gasteiger partial charge on any atom is 0.239 e. The van der Waals surface area contributed by atoms with Crippen molar-refractivity contribution in [2.24, 2.45) is 5.73 Å². The largest absolute Gasteiger partial charge is 0.341 e. The first kappa shape index (κ1) is 15.4. The summed E-state index contributed by atoms with van der Waals surface area (Å²) in [6.07, 6.45) is 4.79. The lowest BCUT2D eigenvalue weighted by Gasteiger charge is -2.39. The van der Waals surface area contributed by atoms with Crippen molar-refractivity contribution in [3.05, 3.63) is 0 Å². The standard InChI is InChI=1S/C14H29N3O/c1-12(16(4)14(2,3)11-15)13(18)17-9-7-5-6-8-10-17/h12H,5-11,15H2,1-4H3. The molecule has 4 heteroatoms. The highest BCUT2D eigenvalue weighted by Gasteiger charge is 2.32. The molecule has 1 rings (SSSR count). The molecule has 1 unspecified atom stereocenters. The van der Waals surface area contributed by atoms with E-state index in [2.05, 4.69) is 18.7 Å². The van der Waals surface area contributed by atoms with Gasteiger partial charge in [0.05, 0.1) is 6.04 Å². The number of hydrogen-bond donors (Lipinski definition) is 1. The lowest BCUT2D eigenvalue weighted by Crippen LogP contribution is -2.56. The lowest BCUT2D eigenvalue weighted by atomic mass is 10.0. The van der Waals surface area contributed by atoms with Gasteiger partial charge in [0.1, 0.15) is 0 Å². The van der Waals surface area contributed by atoms with Crippen LogP contribution in [0.3, 0.4) is 0 Å². The smallest absolute Gasteiger partial charge is 0.239 e. The summed E-state index contributed by atoms with van der Waals surface area (Å²) in [6, 6.07) is -0.0957. The van der Waals surface area contributed by atoms with Crippen LogP contribution in [0.15, 0.2) is 0 Å². The van der Waals surface area contributed by atoms with Gasteiger partial charge in [0.15, 0.2) is 0 Å².